The number of hydrogen-bond acceptors (Lipinski definition) is 5. The topological polar surface area (TPSA) is 84.5 Å². The van der Waals surface area contributed by atoms with Gasteiger partial charge in [0.05, 0.1) is 19.3 Å². The first kappa shape index (κ1) is 27.4. The van der Waals surface area contributed by atoms with Crippen molar-refractivity contribution in [1.82, 2.24) is 13.7 Å². The molecule has 204 valence electrons. The highest BCUT2D eigenvalue weighted by Crippen LogP contribution is 2.30. The molecule has 0 aliphatic heterocycles. The Labute approximate surface area is 242 Å². The third-order valence-electron chi connectivity index (χ3n) is 6.89. The van der Waals surface area contributed by atoms with Crippen LogP contribution in [0.5, 0.6) is 17.2 Å². The zero-order chi connectivity index (χ0) is 28.7. The number of ether oxygens (including phenoxy) is 2. The number of aryl methyl sites for hydroxylation is 2. The smallest absolute Gasteiger partial charge is 0.337 e. The summed E-state index contributed by atoms with van der Waals surface area (Å²) in [6.45, 7) is 3.69. The summed E-state index contributed by atoms with van der Waals surface area (Å²) in [6, 6.07) is 17.9. The lowest BCUT2D eigenvalue weighted by Gasteiger charge is -2.19. The second-order valence-corrected chi connectivity index (χ2v) is 10.6. The van der Waals surface area contributed by atoms with E-state index in [4.69, 9.17) is 9.47 Å². The summed E-state index contributed by atoms with van der Waals surface area (Å²) in [7, 11) is 2.97. The van der Waals surface area contributed by atoms with Crippen molar-refractivity contribution in [2.45, 2.75) is 20.4 Å². The number of rotatable bonds is 6. The summed E-state index contributed by atoms with van der Waals surface area (Å²) < 4.78 is 30.6. The zero-order valence-corrected chi connectivity index (χ0v) is 24.4. The van der Waals surface area contributed by atoms with E-state index in [2.05, 4.69) is 0 Å². The van der Waals surface area contributed by atoms with Crippen LogP contribution in [-0.2, 0) is 13.6 Å². The van der Waals surface area contributed by atoms with Crippen LogP contribution in [0.15, 0.2) is 81.1 Å². The fraction of sp³-hybridized carbons (Fsp3) is 0.167. The van der Waals surface area contributed by atoms with E-state index in [0.717, 1.165) is 24.8 Å². The van der Waals surface area contributed by atoms with Crippen molar-refractivity contribution in [2.24, 2.45) is 7.05 Å². The lowest BCUT2D eigenvalue weighted by molar-refractivity contribution is 0.414. The first-order valence-electron chi connectivity index (χ1n) is 12.3. The monoisotopic (exact) mass is 653 g/mol. The van der Waals surface area contributed by atoms with Crippen LogP contribution < -0.4 is 26.3 Å². The van der Waals surface area contributed by atoms with Crippen molar-refractivity contribution >= 4 is 33.6 Å². The first-order valence-corrected chi connectivity index (χ1v) is 13.4. The van der Waals surface area contributed by atoms with Gasteiger partial charge in [0, 0.05) is 16.7 Å². The fourth-order valence-electron chi connectivity index (χ4n) is 4.53. The summed E-state index contributed by atoms with van der Waals surface area (Å²) in [5, 5.41) is -0.0333. The van der Waals surface area contributed by atoms with Crippen LogP contribution in [0.3, 0.4) is 0 Å². The number of hydrogen-bond donors (Lipinski definition) is 0. The van der Waals surface area contributed by atoms with E-state index >= 15 is 4.39 Å². The van der Waals surface area contributed by atoms with Gasteiger partial charge in [-0.2, -0.15) is 0 Å². The molecule has 8 nitrogen and oxygen atoms in total. The summed E-state index contributed by atoms with van der Waals surface area (Å²) in [5.41, 5.74) is 0.259. The average molecular weight is 653 g/mol. The average Bonchev–Trinajstić information content (AvgIpc) is 2.93. The van der Waals surface area contributed by atoms with Crippen LogP contribution in [0, 0.1) is 23.2 Å². The van der Waals surface area contributed by atoms with Crippen molar-refractivity contribution in [2.75, 3.05) is 7.11 Å². The van der Waals surface area contributed by atoms with Gasteiger partial charge in [-0.3, -0.25) is 18.7 Å². The van der Waals surface area contributed by atoms with E-state index in [-0.39, 0.29) is 29.0 Å². The van der Waals surface area contributed by atoms with E-state index in [1.54, 1.807) is 49.6 Å². The van der Waals surface area contributed by atoms with Crippen molar-refractivity contribution in [3.05, 3.63) is 124 Å². The molecule has 0 saturated carbocycles. The molecule has 0 aliphatic rings. The zero-order valence-electron chi connectivity index (χ0n) is 22.2. The molecule has 5 aromatic rings. The molecule has 3 aromatic carbocycles. The van der Waals surface area contributed by atoms with Gasteiger partial charge < -0.3 is 9.47 Å². The van der Waals surface area contributed by atoms with Gasteiger partial charge >= 0.3 is 5.69 Å². The van der Waals surface area contributed by atoms with Crippen LogP contribution >= 0.6 is 22.6 Å². The van der Waals surface area contributed by atoms with Crippen molar-refractivity contribution in [3.63, 3.8) is 0 Å². The van der Waals surface area contributed by atoms with Gasteiger partial charge in [-0.15, -0.1) is 0 Å². The van der Waals surface area contributed by atoms with Gasteiger partial charge in [-0.25, -0.2) is 13.8 Å². The number of fused-ring (bicyclic) bond motifs is 1. The number of halogens is 2. The van der Waals surface area contributed by atoms with Gasteiger partial charge in [-0.1, -0.05) is 24.3 Å². The molecule has 0 amide bonds. The molecule has 10 heteroatoms. The Morgan fingerprint density at radius 3 is 2.33 bits per heavy atom. The summed E-state index contributed by atoms with van der Waals surface area (Å²) in [5.74, 6) is 0.360. The maximum absolute atomic E-state index is 15.4. The van der Waals surface area contributed by atoms with E-state index in [1.807, 2.05) is 42.5 Å². The van der Waals surface area contributed by atoms with Crippen LogP contribution in [-0.4, -0.2) is 20.8 Å². The molecule has 0 radical (unpaired) electrons. The molecule has 0 unspecified atom stereocenters. The predicted octanol–water partition coefficient (Wildman–Crippen LogP) is 5.06. The minimum Gasteiger partial charge on any atom is -0.497 e. The van der Waals surface area contributed by atoms with Crippen LogP contribution in [0.25, 0.3) is 16.7 Å². The molecule has 0 bridgehead atoms. The SMILES string of the molecule is COc1ccc(Cn2c(=O)c3c(Oc4cccc(C)c4C)cc(=O)n(C)c3n(-c3ccc(I)cc3F)c2=O)cc1. The van der Waals surface area contributed by atoms with Crippen LogP contribution in [0.4, 0.5) is 4.39 Å². The summed E-state index contributed by atoms with van der Waals surface area (Å²) >= 11 is 1.97. The second-order valence-electron chi connectivity index (χ2n) is 9.36. The normalized spacial score (nSPS) is 11.2. The summed E-state index contributed by atoms with van der Waals surface area (Å²) in [4.78, 5) is 41.2. The molecule has 40 heavy (non-hydrogen) atoms. The lowest BCUT2D eigenvalue weighted by atomic mass is 10.1. The van der Waals surface area contributed by atoms with Gasteiger partial charge in [-0.05, 0) is 89.5 Å². The van der Waals surface area contributed by atoms with Gasteiger partial charge in [0.1, 0.15) is 34.1 Å². The highest BCUT2D eigenvalue weighted by atomic mass is 127. The number of aromatic nitrogens is 3. The molecular weight excluding hydrogens is 628 g/mol. The van der Waals surface area contributed by atoms with Gasteiger partial charge in [0.25, 0.3) is 11.1 Å². The van der Waals surface area contributed by atoms with Crippen molar-refractivity contribution < 1.29 is 13.9 Å². The third kappa shape index (κ3) is 4.83. The molecule has 0 saturated heterocycles. The quantitative estimate of drug-likeness (QED) is 0.240. The minimum absolute atomic E-state index is 0.0278. The van der Waals surface area contributed by atoms with E-state index < -0.39 is 22.6 Å². The predicted molar refractivity (Wildman–Crippen MR) is 160 cm³/mol. The molecule has 0 spiro atoms. The maximum atomic E-state index is 15.4. The van der Waals surface area contributed by atoms with Crippen molar-refractivity contribution in [1.29, 1.82) is 0 Å². The molecule has 0 atom stereocenters. The Hall–Kier alpha value is -4.19. The van der Waals surface area contributed by atoms with Gasteiger partial charge in [0.2, 0.25) is 0 Å². The Balaban J connectivity index is 1.88. The summed E-state index contributed by atoms with van der Waals surface area (Å²) in [6.07, 6.45) is 0. The molecule has 0 fully saturated rings. The highest BCUT2D eigenvalue weighted by Gasteiger charge is 2.24. The Morgan fingerprint density at radius 1 is 0.925 bits per heavy atom. The Bertz CT molecular complexity index is 1960. The molecule has 0 N–H and O–H groups in total. The van der Waals surface area contributed by atoms with Crippen LogP contribution in [0.2, 0.25) is 0 Å². The largest absolute Gasteiger partial charge is 0.497 e. The number of nitrogens with zero attached hydrogens (tertiary/aromatic N) is 3. The third-order valence-corrected chi connectivity index (χ3v) is 7.56. The number of benzene rings is 3. The molecule has 2 aromatic heterocycles. The lowest BCUT2D eigenvalue weighted by Crippen LogP contribution is -2.42. The molecule has 0 aliphatic carbocycles. The highest BCUT2D eigenvalue weighted by molar-refractivity contribution is 14.1. The second kappa shape index (κ2) is 10.8. The Morgan fingerprint density at radius 2 is 1.65 bits per heavy atom. The fourth-order valence-corrected chi connectivity index (χ4v) is 4.98. The van der Waals surface area contributed by atoms with E-state index in [1.165, 1.54) is 25.2 Å². The number of methoxy groups -OCH3 is 1. The maximum Gasteiger partial charge on any atom is 0.337 e. The first-order chi connectivity index (χ1) is 19.1. The minimum atomic E-state index is -0.799. The molecular formula is C30H25FIN3O5. The van der Waals surface area contributed by atoms with E-state index in [9.17, 15) is 14.4 Å². The molecule has 5 rings (SSSR count). The van der Waals surface area contributed by atoms with Gasteiger partial charge in [0.15, 0.2) is 0 Å². The van der Waals surface area contributed by atoms with Crippen molar-refractivity contribution in [3.8, 4) is 22.9 Å². The molecule has 2 heterocycles. The number of pyridine rings is 1. The standard InChI is InChI=1S/C30H25FIN3O5/c1-17-6-5-7-24(18(17)2)40-25-15-26(36)33(3)28-27(25)29(37)34(16-19-8-11-21(39-4)12-9-19)30(38)35(28)23-13-10-20(32)14-22(23)31/h5-15H,16H2,1-4H3. The van der Waals surface area contributed by atoms with E-state index in [0.29, 0.717) is 20.6 Å². The van der Waals surface area contributed by atoms with Crippen LogP contribution in [0.1, 0.15) is 16.7 Å². The Kier molecular flexibility index (Phi) is 7.37.